The van der Waals surface area contributed by atoms with E-state index in [1.807, 2.05) is 28.9 Å². The topological polar surface area (TPSA) is 63.1 Å². The maximum Gasteiger partial charge on any atom is 0.273 e. The number of halogens is 1. The molecule has 6 nitrogen and oxygen atoms in total. The Kier molecular flexibility index (Phi) is 6.11. The van der Waals surface area contributed by atoms with Gasteiger partial charge in [-0.2, -0.15) is 0 Å². The lowest BCUT2D eigenvalue weighted by Gasteiger charge is -2.29. The first kappa shape index (κ1) is 19.6. The summed E-state index contributed by atoms with van der Waals surface area (Å²) in [6.07, 6.45) is 6.12. The molecule has 0 radical (unpaired) electrons. The molecule has 1 aromatic carbocycles. The summed E-state index contributed by atoms with van der Waals surface area (Å²) in [4.78, 5) is 15.4. The van der Waals surface area contributed by atoms with Crippen molar-refractivity contribution in [2.75, 3.05) is 26.2 Å². The molecule has 150 valence electrons. The first-order valence-corrected chi connectivity index (χ1v) is 11.1. The molecule has 4 rings (SSSR count). The Labute approximate surface area is 174 Å². The molecule has 2 aliphatic rings. The second kappa shape index (κ2) is 8.74. The second-order valence-electron chi connectivity index (χ2n) is 8.16. The first-order valence-electron chi connectivity index (χ1n) is 10.3. The van der Waals surface area contributed by atoms with E-state index in [0.29, 0.717) is 24.1 Å². The summed E-state index contributed by atoms with van der Waals surface area (Å²) in [6, 6.07) is 7.95. The van der Waals surface area contributed by atoms with Gasteiger partial charge >= 0.3 is 0 Å². The van der Waals surface area contributed by atoms with E-state index in [9.17, 15) is 4.79 Å². The molecule has 2 fully saturated rings. The Bertz CT molecular complexity index is 809. The van der Waals surface area contributed by atoms with Crippen LogP contribution in [0.2, 0.25) is 0 Å². The maximum absolute atomic E-state index is 12.8. The van der Waals surface area contributed by atoms with E-state index in [0.717, 1.165) is 35.2 Å². The van der Waals surface area contributed by atoms with Crippen LogP contribution in [0.15, 0.2) is 28.7 Å². The largest absolute Gasteiger partial charge is 0.350 e. The van der Waals surface area contributed by atoms with Gasteiger partial charge in [-0.25, -0.2) is 4.68 Å². The second-order valence-corrected chi connectivity index (χ2v) is 9.08. The summed E-state index contributed by atoms with van der Waals surface area (Å²) in [5.74, 6) is 0.703. The fourth-order valence-corrected chi connectivity index (χ4v) is 4.21. The van der Waals surface area contributed by atoms with Crippen molar-refractivity contribution in [3.8, 4) is 5.69 Å². The number of hydrogen-bond donors (Lipinski definition) is 1. The molecule has 1 aliphatic heterocycles. The van der Waals surface area contributed by atoms with E-state index < -0.39 is 0 Å². The highest BCUT2D eigenvalue weighted by Crippen LogP contribution is 2.42. The van der Waals surface area contributed by atoms with Gasteiger partial charge in [-0.1, -0.05) is 34.5 Å². The lowest BCUT2D eigenvalue weighted by Crippen LogP contribution is -2.38. The number of nitrogens with one attached hydrogen (secondary N) is 1. The van der Waals surface area contributed by atoms with Crippen molar-refractivity contribution < 1.29 is 4.79 Å². The summed E-state index contributed by atoms with van der Waals surface area (Å²) in [5, 5.41) is 11.6. The fourth-order valence-electron chi connectivity index (χ4n) is 3.94. The number of nitrogens with zero attached hydrogens (tertiary/aromatic N) is 4. The van der Waals surface area contributed by atoms with Gasteiger partial charge in [0.25, 0.3) is 5.91 Å². The van der Waals surface area contributed by atoms with Gasteiger partial charge in [0.1, 0.15) is 0 Å². The van der Waals surface area contributed by atoms with Crippen molar-refractivity contribution >= 4 is 21.8 Å². The molecule has 1 aliphatic carbocycles. The monoisotopic (exact) mass is 445 g/mol. The lowest BCUT2D eigenvalue weighted by atomic mass is 10.1. The zero-order valence-electron chi connectivity index (χ0n) is 16.4. The molecule has 1 amide bonds. The van der Waals surface area contributed by atoms with Crippen LogP contribution in [0, 0.1) is 5.92 Å². The quantitative estimate of drug-likeness (QED) is 0.704. The molecule has 2 heterocycles. The third kappa shape index (κ3) is 4.63. The van der Waals surface area contributed by atoms with Crippen LogP contribution in [0.3, 0.4) is 0 Å². The number of carbonyl (C=O) groups is 1. The van der Waals surface area contributed by atoms with Gasteiger partial charge in [-0.05, 0) is 69.0 Å². The average Bonchev–Trinajstić information content (AvgIpc) is 3.45. The smallest absolute Gasteiger partial charge is 0.273 e. The third-order valence-corrected chi connectivity index (χ3v) is 6.11. The summed E-state index contributed by atoms with van der Waals surface area (Å²) in [6.45, 7) is 6.29. The first-order chi connectivity index (χ1) is 13.6. The van der Waals surface area contributed by atoms with Crippen molar-refractivity contribution in [2.45, 2.75) is 44.9 Å². The summed E-state index contributed by atoms with van der Waals surface area (Å²) in [7, 11) is 0. The molecule has 2 aromatic rings. The summed E-state index contributed by atoms with van der Waals surface area (Å²) in [5.41, 5.74) is 2.37. The van der Waals surface area contributed by atoms with E-state index in [1.165, 1.54) is 32.4 Å². The lowest BCUT2D eigenvalue weighted by molar-refractivity contribution is 0.0936. The van der Waals surface area contributed by atoms with Crippen LogP contribution in [0.25, 0.3) is 5.69 Å². The molecule has 1 saturated heterocycles. The number of carbonyl (C=O) groups excluding carboxylic acids is 1. The van der Waals surface area contributed by atoms with Crippen LogP contribution in [0.5, 0.6) is 0 Å². The van der Waals surface area contributed by atoms with Crippen molar-refractivity contribution in [1.82, 2.24) is 25.2 Å². The zero-order valence-corrected chi connectivity index (χ0v) is 18.0. The standard InChI is InChI=1S/C21H28BrN5O/c1-15(14-26-11-3-2-4-12-26)13-23-21(28)19-20(16-5-6-16)27(25-24-19)18-9-7-17(22)8-10-18/h7-10,15-16H,2-6,11-14H2,1H3,(H,23,28). The predicted molar refractivity (Wildman–Crippen MR) is 113 cm³/mol. The number of benzene rings is 1. The SMILES string of the molecule is CC(CNC(=O)c1nnn(-c2ccc(Br)cc2)c1C1CC1)CN1CCCCC1. The average molecular weight is 446 g/mol. The third-order valence-electron chi connectivity index (χ3n) is 5.58. The number of aromatic nitrogens is 3. The van der Waals surface area contributed by atoms with Crippen LogP contribution < -0.4 is 5.32 Å². The van der Waals surface area contributed by atoms with E-state index in [-0.39, 0.29) is 5.91 Å². The molecule has 28 heavy (non-hydrogen) atoms. The fraction of sp³-hybridized carbons (Fsp3) is 0.571. The molecule has 0 bridgehead atoms. The highest BCUT2D eigenvalue weighted by atomic mass is 79.9. The molecule has 7 heteroatoms. The molecular formula is C21H28BrN5O. The number of piperidine rings is 1. The van der Waals surface area contributed by atoms with E-state index in [4.69, 9.17) is 0 Å². The van der Waals surface area contributed by atoms with Crippen LogP contribution in [-0.4, -0.2) is 52.0 Å². The summed E-state index contributed by atoms with van der Waals surface area (Å²) < 4.78 is 2.85. The minimum atomic E-state index is -0.101. The van der Waals surface area contributed by atoms with Crippen molar-refractivity contribution in [2.24, 2.45) is 5.92 Å². The Balaban J connectivity index is 1.42. The van der Waals surface area contributed by atoms with Crippen LogP contribution in [0.1, 0.15) is 61.1 Å². The Morgan fingerprint density at radius 1 is 1.21 bits per heavy atom. The van der Waals surface area contributed by atoms with Gasteiger partial charge in [0, 0.05) is 23.5 Å². The van der Waals surface area contributed by atoms with Gasteiger partial charge in [0.15, 0.2) is 5.69 Å². The molecule has 1 saturated carbocycles. The van der Waals surface area contributed by atoms with Crippen molar-refractivity contribution in [3.05, 3.63) is 40.1 Å². The minimum absolute atomic E-state index is 0.101. The molecule has 0 spiro atoms. The highest BCUT2D eigenvalue weighted by Gasteiger charge is 2.34. The predicted octanol–water partition coefficient (Wildman–Crippen LogP) is 3.76. The van der Waals surface area contributed by atoms with E-state index >= 15 is 0 Å². The number of hydrogen-bond acceptors (Lipinski definition) is 4. The van der Waals surface area contributed by atoms with Gasteiger partial charge in [0.05, 0.1) is 11.4 Å². The Hall–Kier alpha value is -1.73. The highest BCUT2D eigenvalue weighted by molar-refractivity contribution is 9.10. The van der Waals surface area contributed by atoms with Gasteiger partial charge < -0.3 is 10.2 Å². The van der Waals surface area contributed by atoms with E-state index in [2.05, 4.69) is 43.4 Å². The molecular weight excluding hydrogens is 418 g/mol. The van der Waals surface area contributed by atoms with Gasteiger partial charge in [0.2, 0.25) is 0 Å². The van der Waals surface area contributed by atoms with Crippen LogP contribution in [-0.2, 0) is 0 Å². The van der Waals surface area contributed by atoms with Crippen LogP contribution >= 0.6 is 15.9 Å². The Morgan fingerprint density at radius 2 is 1.93 bits per heavy atom. The zero-order chi connectivity index (χ0) is 19.5. The molecule has 1 atom stereocenters. The van der Waals surface area contributed by atoms with Crippen molar-refractivity contribution in [3.63, 3.8) is 0 Å². The number of amides is 1. The Morgan fingerprint density at radius 3 is 2.61 bits per heavy atom. The minimum Gasteiger partial charge on any atom is -0.350 e. The molecule has 1 aromatic heterocycles. The molecule has 1 N–H and O–H groups in total. The van der Waals surface area contributed by atoms with Crippen LogP contribution in [0.4, 0.5) is 0 Å². The maximum atomic E-state index is 12.8. The number of likely N-dealkylation sites (tertiary alicyclic amines) is 1. The van der Waals surface area contributed by atoms with E-state index in [1.54, 1.807) is 0 Å². The normalized spacial score (nSPS) is 18.8. The van der Waals surface area contributed by atoms with Gasteiger partial charge in [-0.15, -0.1) is 5.10 Å². The number of rotatable bonds is 7. The van der Waals surface area contributed by atoms with Gasteiger partial charge in [-0.3, -0.25) is 4.79 Å². The molecule has 1 unspecified atom stereocenters. The summed E-state index contributed by atoms with van der Waals surface area (Å²) >= 11 is 3.46. The van der Waals surface area contributed by atoms with Crippen molar-refractivity contribution in [1.29, 1.82) is 0 Å².